The molecule has 0 aliphatic heterocycles. The third-order valence-corrected chi connectivity index (χ3v) is 3.39. The molecular weight excluding hydrogens is 221 g/mol. The molecule has 94 valence electrons. The summed E-state index contributed by atoms with van der Waals surface area (Å²) in [6.07, 6.45) is 7.03. The average Bonchev–Trinajstić information content (AvgIpc) is 2.38. The number of aromatic nitrogens is 2. The maximum atomic E-state index is 12.6. The summed E-state index contributed by atoms with van der Waals surface area (Å²) in [5.41, 5.74) is 5.75. The Labute approximate surface area is 100 Å². The summed E-state index contributed by atoms with van der Waals surface area (Å²) in [6, 6.07) is 0.243. The zero-order chi connectivity index (χ0) is 12.1. The van der Waals surface area contributed by atoms with E-state index in [0.29, 0.717) is 25.0 Å². The van der Waals surface area contributed by atoms with Crippen LogP contribution >= 0.6 is 0 Å². The van der Waals surface area contributed by atoms with E-state index in [0.717, 1.165) is 18.8 Å². The van der Waals surface area contributed by atoms with Crippen molar-refractivity contribution in [1.82, 2.24) is 9.97 Å². The predicted molar refractivity (Wildman–Crippen MR) is 62.0 cm³/mol. The number of rotatable bonds is 4. The molecule has 0 amide bonds. The van der Waals surface area contributed by atoms with Crippen molar-refractivity contribution >= 4 is 0 Å². The fourth-order valence-electron chi connectivity index (χ4n) is 2.37. The Morgan fingerprint density at radius 3 is 2.53 bits per heavy atom. The van der Waals surface area contributed by atoms with Gasteiger partial charge in [-0.1, -0.05) is 12.8 Å². The summed E-state index contributed by atoms with van der Waals surface area (Å²) in [5.74, 6) is 0.557. The molecule has 1 saturated carbocycles. The first-order valence-electron chi connectivity index (χ1n) is 6.10. The Morgan fingerprint density at radius 1 is 1.24 bits per heavy atom. The van der Waals surface area contributed by atoms with Crippen molar-refractivity contribution in [3.63, 3.8) is 0 Å². The van der Waals surface area contributed by atoms with Crippen LogP contribution < -0.4 is 10.5 Å². The maximum Gasteiger partial charge on any atom is 0.316 e. The molecular formula is C12H18FN3O. The first-order valence-corrected chi connectivity index (χ1v) is 6.10. The summed E-state index contributed by atoms with van der Waals surface area (Å²) in [5, 5.41) is 0. The molecule has 0 radical (unpaired) electrons. The number of nitrogens with zero attached hydrogens (tertiary/aromatic N) is 2. The molecule has 2 rings (SSSR count). The molecule has 2 N–H and O–H groups in total. The van der Waals surface area contributed by atoms with E-state index in [1.54, 1.807) is 0 Å². The molecule has 2 unspecified atom stereocenters. The molecule has 0 aromatic carbocycles. The minimum atomic E-state index is -0.449. The van der Waals surface area contributed by atoms with Gasteiger partial charge in [0.05, 0.1) is 19.0 Å². The second-order valence-electron chi connectivity index (χ2n) is 4.54. The predicted octanol–water partition coefficient (Wildman–Crippen LogP) is 1.76. The van der Waals surface area contributed by atoms with Crippen LogP contribution in [-0.4, -0.2) is 23.1 Å². The smallest absolute Gasteiger partial charge is 0.316 e. The third kappa shape index (κ3) is 3.36. The Balaban J connectivity index is 1.86. The first kappa shape index (κ1) is 12.2. The molecule has 17 heavy (non-hydrogen) atoms. The standard InChI is InChI=1S/C12H18FN3O/c13-11-6-15-12(16-7-11)17-8-10-4-2-1-3-9(10)5-14/h6-7,9-10H,1-5,8,14H2. The normalized spacial score (nSPS) is 24.6. The number of hydrogen-bond acceptors (Lipinski definition) is 4. The van der Waals surface area contributed by atoms with Gasteiger partial charge in [0.15, 0.2) is 5.82 Å². The van der Waals surface area contributed by atoms with Crippen LogP contribution in [0.1, 0.15) is 25.7 Å². The number of halogens is 1. The molecule has 1 fully saturated rings. The lowest BCUT2D eigenvalue weighted by Crippen LogP contribution is -2.31. The van der Waals surface area contributed by atoms with Crippen LogP contribution in [0.5, 0.6) is 6.01 Å². The lowest BCUT2D eigenvalue weighted by atomic mass is 9.80. The minimum Gasteiger partial charge on any atom is -0.463 e. The quantitative estimate of drug-likeness (QED) is 0.869. The molecule has 0 spiro atoms. The zero-order valence-corrected chi connectivity index (χ0v) is 9.81. The molecule has 1 aliphatic rings. The lowest BCUT2D eigenvalue weighted by Gasteiger charge is -2.29. The molecule has 1 heterocycles. The van der Waals surface area contributed by atoms with Crippen molar-refractivity contribution in [2.75, 3.05) is 13.2 Å². The summed E-state index contributed by atoms with van der Waals surface area (Å²) < 4.78 is 18.1. The molecule has 0 saturated heterocycles. The maximum absolute atomic E-state index is 12.6. The van der Waals surface area contributed by atoms with Gasteiger partial charge in [0, 0.05) is 0 Å². The topological polar surface area (TPSA) is 61.0 Å². The fraction of sp³-hybridized carbons (Fsp3) is 0.667. The molecule has 4 nitrogen and oxygen atoms in total. The zero-order valence-electron chi connectivity index (χ0n) is 9.81. The second kappa shape index (κ2) is 5.91. The van der Waals surface area contributed by atoms with Crippen LogP contribution in [0.2, 0.25) is 0 Å². The highest BCUT2D eigenvalue weighted by atomic mass is 19.1. The minimum absolute atomic E-state index is 0.243. The van der Waals surface area contributed by atoms with E-state index in [4.69, 9.17) is 10.5 Å². The van der Waals surface area contributed by atoms with Crippen molar-refractivity contribution in [2.24, 2.45) is 17.6 Å². The molecule has 2 atom stereocenters. The summed E-state index contributed by atoms with van der Waals surface area (Å²) in [4.78, 5) is 7.55. The van der Waals surface area contributed by atoms with Crippen molar-refractivity contribution in [1.29, 1.82) is 0 Å². The van der Waals surface area contributed by atoms with Crippen LogP contribution in [0.4, 0.5) is 4.39 Å². The van der Waals surface area contributed by atoms with E-state index in [1.807, 2.05) is 0 Å². The van der Waals surface area contributed by atoms with Gasteiger partial charge in [0.1, 0.15) is 0 Å². The van der Waals surface area contributed by atoms with E-state index in [1.165, 1.54) is 19.3 Å². The molecule has 5 heteroatoms. The van der Waals surface area contributed by atoms with E-state index < -0.39 is 5.82 Å². The van der Waals surface area contributed by atoms with Gasteiger partial charge in [0.25, 0.3) is 0 Å². The monoisotopic (exact) mass is 239 g/mol. The SMILES string of the molecule is NCC1CCCCC1COc1ncc(F)cn1. The number of hydrogen-bond donors (Lipinski definition) is 1. The summed E-state index contributed by atoms with van der Waals surface area (Å²) in [7, 11) is 0. The average molecular weight is 239 g/mol. The summed E-state index contributed by atoms with van der Waals surface area (Å²) >= 11 is 0. The lowest BCUT2D eigenvalue weighted by molar-refractivity contribution is 0.145. The van der Waals surface area contributed by atoms with Crippen LogP contribution in [0.25, 0.3) is 0 Å². The van der Waals surface area contributed by atoms with Gasteiger partial charge in [-0.15, -0.1) is 0 Å². The fourth-order valence-corrected chi connectivity index (χ4v) is 2.37. The molecule has 1 aromatic heterocycles. The Hall–Kier alpha value is -1.23. The van der Waals surface area contributed by atoms with Gasteiger partial charge >= 0.3 is 6.01 Å². The van der Waals surface area contributed by atoms with Gasteiger partial charge < -0.3 is 10.5 Å². The van der Waals surface area contributed by atoms with Crippen LogP contribution in [-0.2, 0) is 0 Å². The van der Waals surface area contributed by atoms with Gasteiger partial charge in [-0.25, -0.2) is 14.4 Å². The first-order chi connectivity index (χ1) is 8.29. The summed E-state index contributed by atoms with van der Waals surface area (Å²) in [6.45, 7) is 1.28. The van der Waals surface area contributed by atoms with Crippen molar-refractivity contribution in [3.05, 3.63) is 18.2 Å². The van der Waals surface area contributed by atoms with Crippen molar-refractivity contribution < 1.29 is 9.13 Å². The Kier molecular flexibility index (Phi) is 4.25. The second-order valence-corrected chi connectivity index (χ2v) is 4.54. The van der Waals surface area contributed by atoms with Gasteiger partial charge in [-0.2, -0.15) is 0 Å². The van der Waals surface area contributed by atoms with E-state index in [-0.39, 0.29) is 6.01 Å². The van der Waals surface area contributed by atoms with Gasteiger partial charge in [-0.05, 0) is 31.2 Å². The Bertz CT molecular complexity index is 344. The van der Waals surface area contributed by atoms with Crippen LogP contribution in [0.3, 0.4) is 0 Å². The van der Waals surface area contributed by atoms with Crippen molar-refractivity contribution in [3.8, 4) is 6.01 Å². The number of ether oxygens (including phenoxy) is 1. The molecule has 1 aliphatic carbocycles. The van der Waals surface area contributed by atoms with E-state index >= 15 is 0 Å². The molecule has 0 bridgehead atoms. The highest BCUT2D eigenvalue weighted by molar-refractivity contribution is 4.95. The van der Waals surface area contributed by atoms with E-state index in [2.05, 4.69) is 9.97 Å². The number of nitrogens with two attached hydrogens (primary N) is 1. The highest BCUT2D eigenvalue weighted by Crippen LogP contribution is 2.29. The molecule has 1 aromatic rings. The van der Waals surface area contributed by atoms with Crippen molar-refractivity contribution in [2.45, 2.75) is 25.7 Å². The largest absolute Gasteiger partial charge is 0.463 e. The van der Waals surface area contributed by atoms with Gasteiger partial charge in [0.2, 0.25) is 0 Å². The third-order valence-electron chi connectivity index (χ3n) is 3.39. The van der Waals surface area contributed by atoms with Crippen LogP contribution in [0, 0.1) is 17.7 Å². The van der Waals surface area contributed by atoms with Crippen LogP contribution in [0.15, 0.2) is 12.4 Å². The highest BCUT2D eigenvalue weighted by Gasteiger charge is 2.24. The van der Waals surface area contributed by atoms with Gasteiger partial charge in [-0.3, -0.25) is 0 Å². The van der Waals surface area contributed by atoms with E-state index in [9.17, 15) is 4.39 Å². The Morgan fingerprint density at radius 2 is 1.88 bits per heavy atom.